The number of hydrogen-bond acceptors (Lipinski definition) is 2. The Labute approximate surface area is 119 Å². The molecule has 0 aliphatic rings. The monoisotopic (exact) mass is 275 g/mol. The lowest BCUT2D eigenvalue weighted by atomic mass is 10.1. The number of anilines is 1. The largest absolute Gasteiger partial charge is 0.495 e. The van der Waals surface area contributed by atoms with Crippen molar-refractivity contribution in [2.75, 3.05) is 19.0 Å². The summed E-state index contributed by atoms with van der Waals surface area (Å²) in [6, 6.07) is 16.2. The molecule has 0 fully saturated rings. The first-order valence-electron chi connectivity index (χ1n) is 6.41. The van der Waals surface area contributed by atoms with Gasteiger partial charge in [0.15, 0.2) is 0 Å². The molecule has 0 radical (unpaired) electrons. The minimum atomic E-state index is 0.636. The van der Waals surface area contributed by atoms with Crippen LogP contribution >= 0.6 is 11.6 Å². The third-order valence-corrected chi connectivity index (χ3v) is 3.28. The Morgan fingerprint density at radius 2 is 1.89 bits per heavy atom. The van der Waals surface area contributed by atoms with Crippen LogP contribution in [-0.2, 0) is 6.42 Å². The Hall–Kier alpha value is -1.67. The number of rotatable bonds is 6. The van der Waals surface area contributed by atoms with Crippen LogP contribution in [0.4, 0.5) is 5.69 Å². The molecule has 0 saturated carbocycles. The summed E-state index contributed by atoms with van der Waals surface area (Å²) in [7, 11) is 1.63. The molecule has 0 spiro atoms. The zero-order chi connectivity index (χ0) is 13.5. The minimum absolute atomic E-state index is 0.636. The molecule has 0 atom stereocenters. The van der Waals surface area contributed by atoms with Crippen molar-refractivity contribution in [1.82, 2.24) is 0 Å². The zero-order valence-electron chi connectivity index (χ0n) is 11.0. The van der Waals surface area contributed by atoms with Crippen molar-refractivity contribution >= 4 is 17.3 Å². The second-order valence-corrected chi connectivity index (χ2v) is 4.77. The molecule has 0 heterocycles. The van der Waals surface area contributed by atoms with Gasteiger partial charge in [0.1, 0.15) is 5.75 Å². The van der Waals surface area contributed by atoms with Gasteiger partial charge in [0.25, 0.3) is 0 Å². The summed E-state index contributed by atoms with van der Waals surface area (Å²) in [5, 5.41) is 4.01. The Balaban J connectivity index is 1.80. The number of hydrogen-bond donors (Lipinski definition) is 1. The van der Waals surface area contributed by atoms with Gasteiger partial charge in [0.2, 0.25) is 0 Å². The molecule has 3 heteroatoms. The molecular formula is C16H18ClNO. The SMILES string of the molecule is COc1cc(NCCCc2ccccc2)ccc1Cl. The third kappa shape index (κ3) is 4.18. The molecule has 1 N–H and O–H groups in total. The molecule has 2 nitrogen and oxygen atoms in total. The van der Waals surface area contributed by atoms with E-state index >= 15 is 0 Å². The van der Waals surface area contributed by atoms with Gasteiger partial charge < -0.3 is 10.1 Å². The molecule has 0 unspecified atom stereocenters. The molecule has 2 rings (SSSR count). The number of nitrogens with one attached hydrogen (secondary N) is 1. The summed E-state index contributed by atoms with van der Waals surface area (Å²) in [4.78, 5) is 0. The summed E-state index contributed by atoms with van der Waals surface area (Å²) in [6.07, 6.45) is 2.17. The second kappa shape index (κ2) is 7.05. The van der Waals surface area contributed by atoms with Gasteiger partial charge in [0.05, 0.1) is 12.1 Å². The van der Waals surface area contributed by atoms with E-state index in [0.29, 0.717) is 10.8 Å². The fourth-order valence-electron chi connectivity index (χ4n) is 1.94. The number of methoxy groups -OCH3 is 1. The van der Waals surface area contributed by atoms with Gasteiger partial charge in [-0.25, -0.2) is 0 Å². The lowest BCUT2D eigenvalue weighted by Crippen LogP contribution is -2.03. The van der Waals surface area contributed by atoms with E-state index < -0.39 is 0 Å². The summed E-state index contributed by atoms with van der Waals surface area (Å²) in [5.74, 6) is 0.703. The third-order valence-electron chi connectivity index (χ3n) is 2.97. The van der Waals surface area contributed by atoms with Crippen molar-refractivity contribution in [2.24, 2.45) is 0 Å². The summed E-state index contributed by atoms with van der Waals surface area (Å²) >= 11 is 5.98. The molecule has 100 valence electrons. The molecular weight excluding hydrogens is 258 g/mol. The Bertz CT molecular complexity index is 513. The van der Waals surface area contributed by atoms with Gasteiger partial charge in [-0.3, -0.25) is 0 Å². The van der Waals surface area contributed by atoms with Gasteiger partial charge in [-0.05, 0) is 30.5 Å². The molecule has 0 aliphatic heterocycles. The van der Waals surface area contributed by atoms with Crippen molar-refractivity contribution < 1.29 is 4.74 Å². The second-order valence-electron chi connectivity index (χ2n) is 4.37. The molecule has 0 aromatic heterocycles. The average molecular weight is 276 g/mol. The van der Waals surface area contributed by atoms with Crippen LogP contribution in [0.25, 0.3) is 0 Å². The van der Waals surface area contributed by atoms with E-state index in [0.717, 1.165) is 25.1 Å². The van der Waals surface area contributed by atoms with Crippen LogP contribution in [0.5, 0.6) is 5.75 Å². The van der Waals surface area contributed by atoms with Crippen LogP contribution < -0.4 is 10.1 Å². The summed E-state index contributed by atoms with van der Waals surface area (Å²) in [6.45, 7) is 0.930. The topological polar surface area (TPSA) is 21.3 Å². The number of aryl methyl sites for hydroxylation is 1. The molecule has 0 saturated heterocycles. The quantitative estimate of drug-likeness (QED) is 0.789. The van der Waals surface area contributed by atoms with Crippen LogP contribution in [0.2, 0.25) is 5.02 Å². The standard InChI is InChI=1S/C16H18ClNO/c1-19-16-12-14(9-10-15(16)17)18-11-5-8-13-6-3-2-4-7-13/h2-4,6-7,9-10,12,18H,5,8,11H2,1H3. The molecule has 0 aliphatic carbocycles. The molecule has 19 heavy (non-hydrogen) atoms. The molecule has 0 bridgehead atoms. The van der Waals surface area contributed by atoms with E-state index in [1.54, 1.807) is 7.11 Å². The lowest BCUT2D eigenvalue weighted by Gasteiger charge is -2.09. The maximum atomic E-state index is 5.98. The highest BCUT2D eigenvalue weighted by molar-refractivity contribution is 6.32. The van der Waals surface area contributed by atoms with Crippen LogP contribution in [0.3, 0.4) is 0 Å². The maximum Gasteiger partial charge on any atom is 0.139 e. The number of ether oxygens (including phenoxy) is 1. The van der Waals surface area contributed by atoms with E-state index in [4.69, 9.17) is 16.3 Å². The van der Waals surface area contributed by atoms with E-state index in [2.05, 4.69) is 29.6 Å². The van der Waals surface area contributed by atoms with E-state index in [9.17, 15) is 0 Å². The fourth-order valence-corrected chi connectivity index (χ4v) is 2.13. The maximum absolute atomic E-state index is 5.98. The Kier molecular flexibility index (Phi) is 5.10. The summed E-state index contributed by atoms with van der Waals surface area (Å²) < 4.78 is 5.19. The first kappa shape index (κ1) is 13.8. The first-order valence-corrected chi connectivity index (χ1v) is 6.79. The van der Waals surface area contributed by atoms with E-state index in [1.165, 1.54) is 5.56 Å². The van der Waals surface area contributed by atoms with Crippen LogP contribution in [0, 0.1) is 0 Å². The van der Waals surface area contributed by atoms with Crippen molar-refractivity contribution in [3.05, 3.63) is 59.1 Å². The van der Waals surface area contributed by atoms with Gasteiger partial charge in [-0.15, -0.1) is 0 Å². The van der Waals surface area contributed by atoms with Crippen molar-refractivity contribution in [3.63, 3.8) is 0 Å². The smallest absolute Gasteiger partial charge is 0.139 e. The molecule has 0 amide bonds. The number of benzene rings is 2. The van der Waals surface area contributed by atoms with Crippen LogP contribution in [0.1, 0.15) is 12.0 Å². The van der Waals surface area contributed by atoms with Crippen LogP contribution in [0.15, 0.2) is 48.5 Å². The Morgan fingerprint density at radius 1 is 1.11 bits per heavy atom. The average Bonchev–Trinajstić information content (AvgIpc) is 2.46. The van der Waals surface area contributed by atoms with Crippen molar-refractivity contribution in [2.45, 2.75) is 12.8 Å². The normalized spacial score (nSPS) is 10.2. The van der Waals surface area contributed by atoms with Gasteiger partial charge in [0, 0.05) is 18.3 Å². The zero-order valence-corrected chi connectivity index (χ0v) is 11.8. The molecule has 2 aromatic rings. The predicted octanol–water partition coefficient (Wildman–Crippen LogP) is 4.39. The Morgan fingerprint density at radius 3 is 2.63 bits per heavy atom. The first-order chi connectivity index (χ1) is 9.29. The van der Waals surface area contributed by atoms with E-state index in [1.807, 2.05) is 24.3 Å². The highest BCUT2D eigenvalue weighted by atomic mass is 35.5. The van der Waals surface area contributed by atoms with E-state index in [-0.39, 0.29) is 0 Å². The van der Waals surface area contributed by atoms with Gasteiger partial charge in [-0.2, -0.15) is 0 Å². The van der Waals surface area contributed by atoms with Gasteiger partial charge >= 0.3 is 0 Å². The predicted molar refractivity (Wildman–Crippen MR) is 81.3 cm³/mol. The fraction of sp³-hybridized carbons (Fsp3) is 0.250. The highest BCUT2D eigenvalue weighted by Crippen LogP contribution is 2.27. The van der Waals surface area contributed by atoms with Crippen LogP contribution in [-0.4, -0.2) is 13.7 Å². The van der Waals surface area contributed by atoms with Gasteiger partial charge in [-0.1, -0.05) is 41.9 Å². The van der Waals surface area contributed by atoms with Crippen molar-refractivity contribution in [1.29, 1.82) is 0 Å². The molecule has 2 aromatic carbocycles. The lowest BCUT2D eigenvalue weighted by molar-refractivity contribution is 0.415. The highest BCUT2D eigenvalue weighted by Gasteiger charge is 2.01. The van der Waals surface area contributed by atoms with Crippen molar-refractivity contribution in [3.8, 4) is 5.75 Å². The summed E-state index contributed by atoms with van der Waals surface area (Å²) in [5.41, 5.74) is 2.41. The minimum Gasteiger partial charge on any atom is -0.495 e. The number of halogens is 1.